The van der Waals surface area contributed by atoms with Crippen LogP contribution in [0.3, 0.4) is 0 Å². The van der Waals surface area contributed by atoms with Gasteiger partial charge in [-0.2, -0.15) is 0 Å². The standard InChI is InChI=1S/C18H26N4O/c1-2-22-13-15(9-8-14-6-7-14)21-18(22)17(19)12-20-11-16-5-3-4-10-23-16/h12-14,16,20H,2-7,10-11,19H2,1H3/b17-12-. The summed E-state index contributed by atoms with van der Waals surface area (Å²) in [6, 6.07) is 0. The first-order chi connectivity index (χ1) is 11.3. The second kappa shape index (κ2) is 7.56. The maximum atomic E-state index is 6.19. The molecular formula is C18H26N4O. The molecule has 2 fully saturated rings. The molecule has 1 saturated carbocycles. The van der Waals surface area contributed by atoms with Crippen LogP contribution in [0.25, 0.3) is 5.70 Å². The summed E-state index contributed by atoms with van der Waals surface area (Å²) in [4.78, 5) is 4.57. The van der Waals surface area contributed by atoms with Gasteiger partial charge in [-0.25, -0.2) is 4.98 Å². The molecule has 124 valence electrons. The van der Waals surface area contributed by atoms with Crippen molar-refractivity contribution in [3.05, 3.63) is 23.9 Å². The molecule has 1 unspecified atom stereocenters. The summed E-state index contributed by atoms with van der Waals surface area (Å²) in [5, 5.41) is 3.27. The summed E-state index contributed by atoms with van der Waals surface area (Å²) in [5.41, 5.74) is 7.64. The van der Waals surface area contributed by atoms with E-state index in [0.29, 0.717) is 17.7 Å². The monoisotopic (exact) mass is 314 g/mol. The lowest BCUT2D eigenvalue weighted by atomic mass is 10.1. The summed E-state index contributed by atoms with van der Waals surface area (Å²) in [5.74, 6) is 7.76. The summed E-state index contributed by atoms with van der Waals surface area (Å²) in [7, 11) is 0. The normalized spacial score (nSPS) is 21.6. The lowest BCUT2D eigenvalue weighted by Crippen LogP contribution is -2.29. The number of aryl methyl sites for hydroxylation is 1. The van der Waals surface area contributed by atoms with Crippen molar-refractivity contribution in [1.82, 2.24) is 14.9 Å². The molecule has 0 spiro atoms. The maximum Gasteiger partial charge on any atom is 0.158 e. The largest absolute Gasteiger partial charge is 0.395 e. The Kier molecular flexibility index (Phi) is 5.24. The number of hydrogen-bond donors (Lipinski definition) is 2. The Balaban J connectivity index is 1.61. The van der Waals surface area contributed by atoms with Gasteiger partial charge >= 0.3 is 0 Å². The molecule has 2 heterocycles. The predicted molar refractivity (Wildman–Crippen MR) is 91.3 cm³/mol. The van der Waals surface area contributed by atoms with Crippen molar-refractivity contribution in [2.75, 3.05) is 13.2 Å². The van der Waals surface area contributed by atoms with E-state index in [4.69, 9.17) is 10.5 Å². The van der Waals surface area contributed by atoms with Gasteiger partial charge in [0.1, 0.15) is 5.69 Å². The number of nitrogens with two attached hydrogens (primary N) is 1. The van der Waals surface area contributed by atoms with Crippen LogP contribution < -0.4 is 11.1 Å². The summed E-state index contributed by atoms with van der Waals surface area (Å²) in [6.45, 7) is 4.57. The third-order valence-electron chi connectivity index (χ3n) is 4.23. The third kappa shape index (κ3) is 4.52. The van der Waals surface area contributed by atoms with Crippen molar-refractivity contribution >= 4 is 5.70 Å². The van der Waals surface area contributed by atoms with E-state index in [-0.39, 0.29) is 0 Å². The molecule has 5 nitrogen and oxygen atoms in total. The molecule has 23 heavy (non-hydrogen) atoms. The highest BCUT2D eigenvalue weighted by atomic mass is 16.5. The zero-order valence-electron chi connectivity index (χ0n) is 13.8. The summed E-state index contributed by atoms with van der Waals surface area (Å²) in [6.07, 6.45) is 10.1. The first kappa shape index (κ1) is 15.9. The molecule has 1 aliphatic heterocycles. The molecule has 1 aliphatic carbocycles. The van der Waals surface area contributed by atoms with Gasteiger partial charge in [-0.05, 0) is 44.9 Å². The van der Waals surface area contributed by atoms with E-state index in [2.05, 4.69) is 29.1 Å². The average Bonchev–Trinajstić information content (AvgIpc) is 3.32. The fourth-order valence-corrected chi connectivity index (χ4v) is 2.68. The number of imidazole rings is 1. The molecule has 3 rings (SSSR count). The second-order valence-corrected chi connectivity index (χ2v) is 6.28. The smallest absolute Gasteiger partial charge is 0.158 e. The highest BCUT2D eigenvalue weighted by Crippen LogP contribution is 2.27. The van der Waals surface area contributed by atoms with Crippen LogP contribution in [0.1, 0.15) is 50.5 Å². The molecule has 0 amide bonds. The fourth-order valence-electron chi connectivity index (χ4n) is 2.68. The van der Waals surface area contributed by atoms with Crippen LogP contribution in [0.4, 0.5) is 0 Å². The molecule has 1 saturated heterocycles. The Labute approximate surface area is 138 Å². The Hall–Kier alpha value is -1.93. The molecule has 1 aromatic heterocycles. The number of rotatable bonds is 5. The summed E-state index contributed by atoms with van der Waals surface area (Å²) >= 11 is 0. The number of nitrogens with one attached hydrogen (secondary N) is 1. The van der Waals surface area contributed by atoms with Crippen molar-refractivity contribution in [1.29, 1.82) is 0 Å². The average molecular weight is 314 g/mol. The van der Waals surface area contributed by atoms with E-state index in [1.807, 2.05) is 17.0 Å². The quantitative estimate of drug-likeness (QED) is 0.817. The number of nitrogens with zero attached hydrogens (tertiary/aromatic N) is 2. The molecule has 5 heteroatoms. The van der Waals surface area contributed by atoms with Gasteiger partial charge in [0.15, 0.2) is 5.82 Å². The highest BCUT2D eigenvalue weighted by molar-refractivity contribution is 5.57. The van der Waals surface area contributed by atoms with Gasteiger partial charge in [0.25, 0.3) is 0 Å². The van der Waals surface area contributed by atoms with Crippen LogP contribution in [0, 0.1) is 17.8 Å². The first-order valence-corrected chi connectivity index (χ1v) is 8.66. The third-order valence-corrected chi connectivity index (χ3v) is 4.23. The predicted octanol–water partition coefficient (Wildman–Crippen LogP) is 2.08. The maximum absolute atomic E-state index is 6.19. The molecule has 0 radical (unpaired) electrons. The van der Waals surface area contributed by atoms with Gasteiger partial charge in [-0.1, -0.05) is 5.92 Å². The molecule has 3 N–H and O–H groups in total. The van der Waals surface area contributed by atoms with Crippen LogP contribution >= 0.6 is 0 Å². The molecule has 1 atom stereocenters. The Bertz CT molecular complexity index is 613. The Morgan fingerprint density at radius 1 is 1.48 bits per heavy atom. The molecule has 1 aromatic rings. The van der Waals surface area contributed by atoms with E-state index in [0.717, 1.165) is 37.6 Å². The number of hydrogen-bond acceptors (Lipinski definition) is 4. The van der Waals surface area contributed by atoms with Crippen LogP contribution in [0.5, 0.6) is 0 Å². The van der Waals surface area contributed by atoms with Gasteiger partial charge in [0.05, 0.1) is 11.8 Å². The van der Waals surface area contributed by atoms with Gasteiger partial charge in [0.2, 0.25) is 0 Å². The Morgan fingerprint density at radius 3 is 3.04 bits per heavy atom. The van der Waals surface area contributed by atoms with Crippen molar-refractivity contribution in [2.45, 2.75) is 51.7 Å². The SMILES string of the molecule is CCn1cc(C#CC2CC2)nc1/C(N)=C/NCC1CCCCO1. The Morgan fingerprint density at radius 2 is 2.35 bits per heavy atom. The van der Waals surface area contributed by atoms with Gasteiger partial charge < -0.3 is 20.4 Å². The van der Waals surface area contributed by atoms with E-state index in [1.54, 1.807) is 0 Å². The summed E-state index contributed by atoms with van der Waals surface area (Å²) < 4.78 is 7.75. The van der Waals surface area contributed by atoms with Crippen LogP contribution in [0.2, 0.25) is 0 Å². The minimum absolute atomic E-state index is 0.290. The minimum Gasteiger partial charge on any atom is -0.395 e. The van der Waals surface area contributed by atoms with Crippen LogP contribution in [0.15, 0.2) is 12.4 Å². The lowest BCUT2D eigenvalue weighted by molar-refractivity contribution is 0.0188. The zero-order valence-corrected chi connectivity index (χ0v) is 13.8. The van der Waals surface area contributed by atoms with Crippen molar-refractivity contribution in [3.8, 4) is 11.8 Å². The van der Waals surface area contributed by atoms with E-state index < -0.39 is 0 Å². The van der Waals surface area contributed by atoms with E-state index >= 15 is 0 Å². The number of aromatic nitrogens is 2. The first-order valence-electron chi connectivity index (χ1n) is 8.66. The van der Waals surface area contributed by atoms with Crippen molar-refractivity contribution in [3.63, 3.8) is 0 Å². The minimum atomic E-state index is 0.290. The molecule has 0 bridgehead atoms. The van der Waals surface area contributed by atoms with Crippen molar-refractivity contribution in [2.24, 2.45) is 11.7 Å². The van der Waals surface area contributed by atoms with Crippen molar-refractivity contribution < 1.29 is 4.74 Å². The van der Waals surface area contributed by atoms with Gasteiger partial charge in [-0.15, -0.1) is 0 Å². The van der Waals surface area contributed by atoms with E-state index in [9.17, 15) is 0 Å². The number of ether oxygens (including phenoxy) is 1. The zero-order chi connectivity index (χ0) is 16.1. The lowest BCUT2D eigenvalue weighted by Gasteiger charge is -2.22. The van der Waals surface area contributed by atoms with Crippen LogP contribution in [-0.2, 0) is 11.3 Å². The highest BCUT2D eigenvalue weighted by Gasteiger charge is 2.18. The van der Waals surface area contributed by atoms with Gasteiger partial charge in [-0.3, -0.25) is 0 Å². The second-order valence-electron chi connectivity index (χ2n) is 6.28. The molecule has 0 aromatic carbocycles. The molecule has 2 aliphatic rings. The van der Waals surface area contributed by atoms with Gasteiger partial charge in [0, 0.05) is 38.0 Å². The fraction of sp³-hybridized carbons (Fsp3) is 0.611. The topological polar surface area (TPSA) is 65.1 Å². The van der Waals surface area contributed by atoms with E-state index in [1.165, 1.54) is 25.7 Å². The van der Waals surface area contributed by atoms with Crippen LogP contribution in [-0.4, -0.2) is 28.8 Å². The molecular weight excluding hydrogens is 288 g/mol.